The number of carbonyl (C=O) groups excluding carboxylic acids is 3. The normalized spacial score (nSPS) is 18.6. The Hall–Kier alpha value is -3.63. The van der Waals surface area contributed by atoms with Crippen LogP contribution in [0.15, 0.2) is 6.07 Å². The fourth-order valence-corrected chi connectivity index (χ4v) is 5.79. The van der Waals surface area contributed by atoms with Gasteiger partial charge in [0.15, 0.2) is 17.3 Å². The van der Waals surface area contributed by atoms with Gasteiger partial charge in [-0.2, -0.15) is 0 Å². The Morgan fingerprint density at radius 2 is 1.74 bits per heavy atom. The minimum atomic E-state index is -1.18. The number of anilines is 1. The lowest BCUT2D eigenvalue weighted by Gasteiger charge is -2.34. The third-order valence-electron chi connectivity index (χ3n) is 7.98. The van der Waals surface area contributed by atoms with Crippen LogP contribution in [-0.2, 0) is 14.4 Å². The van der Waals surface area contributed by atoms with Gasteiger partial charge in [0.25, 0.3) is 5.88 Å². The van der Waals surface area contributed by atoms with E-state index >= 15 is 0 Å². The first kappa shape index (κ1) is 26.0. The molecule has 1 aliphatic carbocycles. The van der Waals surface area contributed by atoms with Gasteiger partial charge in [-0.25, -0.2) is 9.59 Å². The van der Waals surface area contributed by atoms with Crippen molar-refractivity contribution in [1.82, 2.24) is 15.1 Å². The van der Waals surface area contributed by atoms with Gasteiger partial charge in [0.05, 0.1) is 19.6 Å². The fourth-order valence-electron chi connectivity index (χ4n) is 5.79. The number of rotatable bonds is 7. The topological polar surface area (TPSA) is 120 Å². The van der Waals surface area contributed by atoms with E-state index in [-0.39, 0.29) is 23.3 Å². The number of esters is 2. The predicted octanol–water partition coefficient (Wildman–Crippen LogP) is 3.12. The zero-order valence-corrected chi connectivity index (χ0v) is 22.2. The van der Waals surface area contributed by atoms with Crippen molar-refractivity contribution in [2.45, 2.75) is 51.4 Å². The molecular formula is C27H34N4O7. The molecule has 0 radical (unpaired) electrons. The molecule has 3 heterocycles. The maximum atomic E-state index is 12.8. The Labute approximate surface area is 221 Å². The number of benzene rings is 1. The molecule has 0 spiro atoms. The smallest absolute Gasteiger partial charge is 0.424 e. The van der Waals surface area contributed by atoms with Crippen LogP contribution in [0.2, 0.25) is 0 Å². The summed E-state index contributed by atoms with van der Waals surface area (Å²) in [7, 11) is 4.83. The third-order valence-corrected chi connectivity index (χ3v) is 7.98. The zero-order valence-electron chi connectivity index (χ0n) is 22.2. The van der Waals surface area contributed by atoms with Crippen LogP contribution in [0.1, 0.15) is 51.4 Å². The number of piperidine rings is 1. The second kappa shape index (κ2) is 11.0. The summed E-state index contributed by atoms with van der Waals surface area (Å²) in [5.41, 5.74) is 0. The number of carbonyl (C=O) groups is 3. The van der Waals surface area contributed by atoms with Crippen LogP contribution in [0.25, 0.3) is 10.8 Å². The predicted molar refractivity (Wildman–Crippen MR) is 138 cm³/mol. The second-order valence-electron chi connectivity index (χ2n) is 10.3. The Bertz CT molecular complexity index is 1240. The van der Waals surface area contributed by atoms with E-state index in [0.717, 1.165) is 64.6 Å². The van der Waals surface area contributed by atoms with E-state index in [9.17, 15) is 14.4 Å². The minimum Gasteiger partial charge on any atom is -0.493 e. The number of amides is 1. The summed E-state index contributed by atoms with van der Waals surface area (Å²) in [6, 6.07) is 1.73. The average molecular weight is 527 g/mol. The summed E-state index contributed by atoms with van der Waals surface area (Å²) >= 11 is 0. The molecule has 2 aliphatic heterocycles. The van der Waals surface area contributed by atoms with Crippen LogP contribution in [0.4, 0.5) is 5.82 Å². The second-order valence-corrected chi connectivity index (χ2v) is 10.3. The minimum absolute atomic E-state index is 0.0180. The molecule has 5 rings (SSSR count). The highest BCUT2D eigenvalue weighted by Crippen LogP contribution is 2.49. The van der Waals surface area contributed by atoms with Crippen molar-refractivity contribution in [3.8, 4) is 23.1 Å². The van der Waals surface area contributed by atoms with E-state index in [1.54, 1.807) is 6.07 Å². The summed E-state index contributed by atoms with van der Waals surface area (Å²) in [6.07, 6.45) is 8.46. The number of aromatic nitrogens is 2. The van der Waals surface area contributed by atoms with E-state index in [2.05, 4.69) is 15.1 Å². The maximum absolute atomic E-state index is 12.8. The maximum Gasteiger partial charge on any atom is 0.424 e. The van der Waals surface area contributed by atoms with Crippen molar-refractivity contribution in [2.75, 3.05) is 45.8 Å². The molecule has 38 heavy (non-hydrogen) atoms. The van der Waals surface area contributed by atoms with Crippen LogP contribution < -0.4 is 23.8 Å². The number of ether oxygens (including phenoxy) is 4. The molecule has 0 unspecified atom stereocenters. The summed E-state index contributed by atoms with van der Waals surface area (Å²) in [6.45, 7) is 2.27. The number of methoxy groups -OCH3 is 2. The van der Waals surface area contributed by atoms with E-state index in [4.69, 9.17) is 18.9 Å². The molecular weight excluding hydrogens is 492 g/mol. The van der Waals surface area contributed by atoms with Crippen molar-refractivity contribution in [3.63, 3.8) is 0 Å². The summed E-state index contributed by atoms with van der Waals surface area (Å²) in [4.78, 5) is 41.1. The molecule has 204 valence electrons. The van der Waals surface area contributed by atoms with Crippen molar-refractivity contribution >= 4 is 34.4 Å². The van der Waals surface area contributed by atoms with Gasteiger partial charge in [0, 0.05) is 38.0 Å². The lowest BCUT2D eigenvalue weighted by Crippen LogP contribution is -2.38. The molecule has 1 aromatic carbocycles. The number of hydrogen-bond acceptors (Lipinski definition) is 10. The first-order valence-corrected chi connectivity index (χ1v) is 13.3. The lowest BCUT2D eigenvalue weighted by atomic mass is 9.88. The molecule has 2 fully saturated rings. The highest BCUT2D eigenvalue weighted by Gasteiger charge is 2.34. The Kier molecular flexibility index (Phi) is 7.53. The molecule has 11 heteroatoms. The molecule has 2 aromatic rings. The summed E-state index contributed by atoms with van der Waals surface area (Å²) < 4.78 is 21.4. The van der Waals surface area contributed by atoms with Crippen molar-refractivity contribution in [2.24, 2.45) is 11.8 Å². The fraction of sp³-hybridized carbons (Fsp3) is 0.593. The molecule has 0 atom stereocenters. The van der Waals surface area contributed by atoms with Gasteiger partial charge in [-0.15, -0.1) is 10.2 Å². The molecule has 1 saturated heterocycles. The largest absolute Gasteiger partial charge is 0.493 e. The first-order chi connectivity index (χ1) is 18.4. The van der Waals surface area contributed by atoms with Gasteiger partial charge < -0.3 is 28.7 Å². The van der Waals surface area contributed by atoms with Gasteiger partial charge >= 0.3 is 11.9 Å². The number of hydrogen-bond donors (Lipinski definition) is 0. The van der Waals surface area contributed by atoms with Crippen molar-refractivity contribution < 1.29 is 33.3 Å². The molecule has 1 amide bonds. The standard InChI is InChI=1S/C27H34N4O7/c1-30(25(32)17-7-5-4-6-8-17)12-9-16-10-13-31(14-11-16)23-18-15-19(35-2)21(36-3)22-20(18)24(29-28-23)38-27(34)26(33)37-22/h15-17H,4-14H2,1-3H3. The number of nitrogens with zero attached hydrogens (tertiary/aromatic N) is 4. The zero-order chi connectivity index (χ0) is 26.8. The van der Waals surface area contributed by atoms with Gasteiger partial charge in [-0.1, -0.05) is 19.3 Å². The van der Waals surface area contributed by atoms with E-state index in [0.29, 0.717) is 34.2 Å². The molecule has 1 saturated carbocycles. The highest BCUT2D eigenvalue weighted by atomic mass is 16.6. The quantitative estimate of drug-likeness (QED) is 0.302. The Morgan fingerprint density at radius 1 is 1.03 bits per heavy atom. The van der Waals surface area contributed by atoms with Crippen LogP contribution in [0.3, 0.4) is 0 Å². The van der Waals surface area contributed by atoms with Crippen molar-refractivity contribution in [1.29, 1.82) is 0 Å². The molecule has 0 bridgehead atoms. The SMILES string of the molecule is COc1cc2c(N3CCC(CCN(C)C(=O)C4CCCCC4)CC3)nnc3c2c(c1OC)OC(=O)C(=O)O3. The van der Waals surface area contributed by atoms with Crippen molar-refractivity contribution in [3.05, 3.63) is 6.07 Å². The van der Waals surface area contributed by atoms with E-state index < -0.39 is 11.9 Å². The van der Waals surface area contributed by atoms with Gasteiger partial charge in [-0.05, 0) is 44.1 Å². The monoisotopic (exact) mass is 526 g/mol. The van der Waals surface area contributed by atoms with Gasteiger partial charge in [0.2, 0.25) is 11.7 Å². The molecule has 11 nitrogen and oxygen atoms in total. The lowest BCUT2D eigenvalue weighted by molar-refractivity contribution is -0.155. The van der Waals surface area contributed by atoms with Crippen LogP contribution in [0, 0.1) is 11.8 Å². The average Bonchev–Trinajstić information content (AvgIpc) is 3.08. The Morgan fingerprint density at radius 3 is 2.42 bits per heavy atom. The van der Waals surface area contributed by atoms with Gasteiger partial charge in [-0.3, -0.25) is 4.79 Å². The molecule has 3 aliphatic rings. The molecule has 0 N–H and O–H groups in total. The van der Waals surface area contributed by atoms with Gasteiger partial charge in [0.1, 0.15) is 0 Å². The van der Waals surface area contributed by atoms with E-state index in [1.807, 2.05) is 11.9 Å². The summed E-state index contributed by atoms with van der Waals surface area (Å²) in [5, 5.41) is 9.40. The summed E-state index contributed by atoms with van der Waals surface area (Å²) in [5.74, 6) is -0.383. The highest BCUT2D eigenvalue weighted by molar-refractivity contribution is 6.32. The Balaban J connectivity index is 1.32. The first-order valence-electron chi connectivity index (χ1n) is 13.3. The van der Waals surface area contributed by atoms with Crippen LogP contribution in [0.5, 0.6) is 23.1 Å². The van der Waals surface area contributed by atoms with Crippen LogP contribution in [-0.4, -0.2) is 73.8 Å². The third kappa shape index (κ3) is 4.93. The molecule has 1 aromatic heterocycles. The van der Waals surface area contributed by atoms with Crippen LogP contribution >= 0.6 is 0 Å². The van der Waals surface area contributed by atoms with E-state index in [1.165, 1.54) is 20.6 Å².